The van der Waals surface area contributed by atoms with E-state index in [1.54, 1.807) is 18.1 Å². The lowest BCUT2D eigenvalue weighted by atomic mass is 10.6. The highest BCUT2D eigenvalue weighted by molar-refractivity contribution is 7.19. The van der Waals surface area contributed by atoms with Crippen LogP contribution in [0.1, 0.15) is 0 Å². The average Bonchev–Trinajstić information content (AvgIpc) is 2.34. The number of carbonyl (C=O) groups is 1. The van der Waals surface area contributed by atoms with E-state index in [1.807, 2.05) is 0 Å². The maximum absolute atomic E-state index is 10.5. The molecule has 0 radical (unpaired) electrons. The molecule has 4 N–H and O–H groups in total. The summed E-state index contributed by atoms with van der Waals surface area (Å²) in [6.07, 6.45) is 1.55. The summed E-state index contributed by atoms with van der Waals surface area (Å²) in [5.41, 5.74) is 10.5. The van der Waals surface area contributed by atoms with Gasteiger partial charge in [-0.3, -0.25) is 4.79 Å². The van der Waals surface area contributed by atoms with Gasteiger partial charge in [-0.05, 0) is 0 Å². The zero-order valence-electron chi connectivity index (χ0n) is 6.65. The molecule has 6 heteroatoms. The second-order valence-electron chi connectivity index (χ2n) is 2.37. The number of rotatable bonds is 3. The number of aromatic nitrogens is 1. The summed E-state index contributed by atoms with van der Waals surface area (Å²) in [7, 11) is 1.74. The molecule has 1 heterocycles. The normalized spacial score (nSPS) is 9.75. The van der Waals surface area contributed by atoms with Crippen molar-refractivity contribution in [3.63, 3.8) is 0 Å². The third-order valence-corrected chi connectivity index (χ3v) is 2.17. The highest BCUT2D eigenvalue weighted by Gasteiger charge is 2.07. The molecule has 5 nitrogen and oxygen atoms in total. The number of primary amides is 1. The van der Waals surface area contributed by atoms with Crippen molar-refractivity contribution in [2.24, 2.45) is 5.73 Å². The molecule has 1 aromatic heterocycles. The molecular weight excluding hydrogens is 176 g/mol. The van der Waals surface area contributed by atoms with Gasteiger partial charge in [0.2, 0.25) is 5.91 Å². The fraction of sp³-hybridized carbons (Fsp3) is 0.333. The highest BCUT2D eigenvalue weighted by Crippen LogP contribution is 2.22. The number of nitrogens with zero attached hydrogens (tertiary/aromatic N) is 2. The van der Waals surface area contributed by atoms with E-state index in [2.05, 4.69) is 4.98 Å². The molecule has 12 heavy (non-hydrogen) atoms. The zero-order valence-corrected chi connectivity index (χ0v) is 7.47. The van der Waals surface area contributed by atoms with E-state index in [0.717, 1.165) is 0 Å². The summed E-state index contributed by atoms with van der Waals surface area (Å²) in [5.74, 6) is -0.383. The lowest BCUT2D eigenvalue weighted by molar-refractivity contribution is -0.116. The Morgan fingerprint density at radius 2 is 2.50 bits per heavy atom. The minimum Gasteiger partial charge on any atom is -0.389 e. The third kappa shape index (κ3) is 2.09. The molecule has 0 atom stereocenters. The van der Waals surface area contributed by atoms with Crippen LogP contribution in [0, 0.1) is 0 Å². The Labute approximate surface area is 74.0 Å². The lowest BCUT2D eigenvalue weighted by Crippen LogP contribution is -2.30. The van der Waals surface area contributed by atoms with Crippen molar-refractivity contribution in [2.45, 2.75) is 0 Å². The SMILES string of the molecule is CN(CC(N)=O)c1ncc(N)s1. The van der Waals surface area contributed by atoms with Gasteiger partial charge in [-0.2, -0.15) is 0 Å². The van der Waals surface area contributed by atoms with E-state index in [4.69, 9.17) is 11.5 Å². The molecule has 1 rings (SSSR count). The number of carbonyl (C=O) groups excluding carboxylic acids is 1. The van der Waals surface area contributed by atoms with Crippen LogP contribution in [0.25, 0.3) is 0 Å². The smallest absolute Gasteiger partial charge is 0.237 e. The first kappa shape index (κ1) is 8.79. The van der Waals surface area contributed by atoms with Gasteiger partial charge in [-0.15, -0.1) is 0 Å². The van der Waals surface area contributed by atoms with E-state index in [0.29, 0.717) is 10.1 Å². The second-order valence-corrected chi connectivity index (χ2v) is 3.41. The maximum atomic E-state index is 10.5. The van der Waals surface area contributed by atoms with Crippen LogP contribution in [0.2, 0.25) is 0 Å². The molecule has 0 bridgehead atoms. The minimum atomic E-state index is -0.383. The van der Waals surface area contributed by atoms with Crippen molar-refractivity contribution in [1.82, 2.24) is 4.98 Å². The quantitative estimate of drug-likeness (QED) is 0.675. The Bertz CT molecular complexity index is 285. The van der Waals surface area contributed by atoms with Gasteiger partial charge in [0.25, 0.3) is 0 Å². The number of nitrogen functional groups attached to an aromatic ring is 1. The molecule has 0 aliphatic heterocycles. The molecular formula is C6H10N4OS. The Morgan fingerprint density at radius 1 is 1.83 bits per heavy atom. The van der Waals surface area contributed by atoms with Gasteiger partial charge in [-0.25, -0.2) is 4.98 Å². The van der Waals surface area contributed by atoms with E-state index >= 15 is 0 Å². The van der Waals surface area contributed by atoms with E-state index in [9.17, 15) is 4.79 Å². The van der Waals surface area contributed by atoms with Gasteiger partial charge in [0.1, 0.15) is 5.00 Å². The summed E-state index contributed by atoms with van der Waals surface area (Å²) in [6.45, 7) is 0.160. The van der Waals surface area contributed by atoms with Gasteiger partial charge in [0.15, 0.2) is 5.13 Å². The Hall–Kier alpha value is -1.30. The number of nitrogens with two attached hydrogens (primary N) is 2. The van der Waals surface area contributed by atoms with Crippen LogP contribution in [-0.2, 0) is 4.79 Å². The van der Waals surface area contributed by atoms with Gasteiger partial charge in [0.05, 0.1) is 12.7 Å². The summed E-state index contributed by atoms with van der Waals surface area (Å²) >= 11 is 1.32. The Kier molecular flexibility index (Phi) is 2.49. The summed E-state index contributed by atoms with van der Waals surface area (Å²) < 4.78 is 0. The monoisotopic (exact) mass is 186 g/mol. The van der Waals surface area contributed by atoms with Crippen LogP contribution in [0.3, 0.4) is 0 Å². The second kappa shape index (κ2) is 3.40. The fourth-order valence-corrected chi connectivity index (χ4v) is 1.40. The minimum absolute atomic E-state index is 0.160. The molecule has 66 valence electrons. The fourth-order valence-electron chi connectivity index (χ4n) is 0.755. The van der Waals surface area contributed by atoms with Crippen LogP contribution in [0.4, 0.5) is 10.1 Å². The van der Waals surface area contributed by atoms with Crippen molar-refractivity contribution < 1.29 is 4.79 Å². The van der Waals surface area contributed by atoms with Crippen molar-refractivity contribution in [2.75, 3.05) is 24.2 Å². The van der Waals surface area contributed by atoms with Crippen LogP contribution in [0.5, 0.6) is 0 Å². The van der Waals surface area contributed by atoms with Crippen molar-refractivity contribution in [3.05, 3.63) is 6.20 Å². The molecule has 0 aliphatic rings. The molecule has 0 fully saturated rings. The van der Waals surface area contributed by atoms with Crippen molar-refractivity contribution in [3.8, 4) is 0 Å². The molecule has 0 saturated heterocycles. The van der Waals surface area contributed by atoms with Crippen LogP contribution >= 0.6 is 11.3 Å². The predicted molar refractivity (Wildman–Crippen MR) is 49.0 cm³/mol. The molecule has 1 amide bonds. The number of hydrogen-bond donors (Lipinski definition) is 2. The van der Waals surface area contributed by atoms with E-state index in [-0.39, 0.29) is 12.5 Å². The zero-order chi connectivity index (χ0) is 9.14. The topological polar surface area (TPSA) is 85.2 Å². The molecule has 0 saturated carbocycles. The Balaban J connectivity index is 2.64. The summed E-state index contributed by atoms with van der Waals surface area (Å²) in [6, 6.07) is 0. The Morgan fingerprint density at radius 3 is 2.92 bits per heavy atom. The first-order chi connectivity index (χ1) is 5.59. The number of amides is 1. The summed E-state index contributed by atoms with van der Waals surface area (Å²) in [4.78, 5) is 16.2. The third-order valence-electron chi connectivity index (χ3n) is 1.23. The first-order valence-electron chi connectivity index (χ1n) is 3.30. The van der Waals surface area contributed by atoms with Crippen LogP contribution in [-0.4, -0.2) is 24.5 Å². The predicted octanol–water partition coefficient (Wildman–Crippen LogP) is -0.353. The molecule has 0 aliphatic carbocycles. The van der Waals surface area contributed by atoms with E-state index < -0.39 is 0 Å². The number of hydrogen-bond acceptors (Lipinski definition) is 5. The summed E-state index contributed by atoms with van der Waals surface area (Å²) in [5, 5.41) is 1.33. The van der Waals surface area contributed by atoms with Gasteiger partial charge in [-0.1, -0.05) is 11.3 Å². The number of anilines is 2. The molecule has 0 unspecified atom stereocenters. The molecule has 0 aromatic carbocycles. The average molecular weight is 186 g/mol. The maximum Gasteiger partial charge on any atom is 0.237 e. The number of likely N-dealkylation sites (N-methyl/N-ethyl adjacent to an activating group) is 1. The van der Waals surface area contributed by atoms with Crippen LogP contribution < -0.4 is 16.4 Å². The first-order valence-corrected chi connectivity index (χ1v) is 4.12. The molecule has 0 spiro atoms. The highest BCUT2D eigenvalue weighted by atomic mass is 32.1. The van der Waals surface area contributed by atoms with Crippen molar-refractivity contribution in [1.29, 1.82) is 0 Å². The lowest BCUT2D eigenvalue weighted by Gasteiger charge is -2.11. The standard InChI is InChI=1S/C6H10N4OS/c1-10(3-4(7)11)6-9-2-5(8)12-6/h2H,3,8H2,1H3,(H2,7,11). The van der Waals surface area contributed by atoms with Crippen LogP contribution in [0.15, 0.2) is 6.20 Å². The van der Waals surface area contributed by atoms with Gasteiger partial charge >= 0.3 is 0 Å². The van der Waals surface area contributed by atoms with E-state index in [1.165, 1.54) is 11.3 Å². The largest absolute Gasteiger partial charge is 0.389 e. The van der Waals surface area contributed by atoms with Gasteiger partial charge in [0, 0.05) is 7.05 Å². The van der Waals surface area contributed by atoms with Crippen molar-refractivity contribution >= 4 is 27.4 Å². The molecule has 1 aromatic rings. The van der Waals surface area contributed by atoms with Gasteiger partial charge < -0.3 is 16.4 Å². The number of thiazole rings is 1.